The summed E-state index contributed by atoms with van der Waals surface area (Å²) in [5, 5.41) is 0. The molecule has 0 heterocycles. The number of hydrogen-bond acceptors (Lipinski definition) is 2. The fraction of sp³-hybridized carbons (Fsp3) is 0.278. The number of hydrogen-bond donors (Lipinski definition) is 0. The van der Waals surface area contributed by atoms with Crippen molar-refractivity contribution in [1.82, 2.24) is 0 Å². The highest BCUT2D eigenvalue weighted by Gasteiger charge is 2.31. The Morgan fingerprint density at radius 2 is 1.70 bits per heavy atom. The van der Waals surface area contributed by atoms with Gasteiger partial charge in [0.15, 0.2) is 0 Å². The number of alkyl halides is 3. The highest BCUT2D eigenvalue weighted by atomic mass is 19.4. The van der Waals surface area contributed by atoms with Gasteiger partial charge in [-0.1, -0.05) is 12.1 Å². The van der Waals surface area contributed by atoms with Crippen molar-refractivity contribution in [1.29, 1.82) is 0 Å². The fourth-order valence-electron chi connectivity index (χ4n) is 2.76. The first-order chi connectivity index (χ1) is 10.9. The Hall–Kier alpha value is -2.30. The van der Waals surface area contributed by atoms with Crippen LogP contribution in [-0.2, 0) is 19.0 Å². The molecule has 0 aliphatic heterocycles. The summed E-state index contributed by atoms with van der Waals surface area (Å²) in [4.78, 5) is 12.1. The minimum absolute atomic E-state index is 0.113. The first-order valence-corrected chi connectivity index (χ1v) is 7.45. The molecule has 0 saturated carbocycles. The van der Waals surface area contributed by atoms with Crippen LogP contribution >= 0.6 is 0 Å². The molecule has 0 N–H and O–H groups in total. The van der Waals surface area contributed by atoms with Gasteiger partial charge in [-0.3, -0.25) is 0 Å². The minimum atomic E-state index is -4.48. The summed E-state index contributed by atoms with van der Waals surface area (Å²) in [5.41, 5.74) is 1.41. The Kier molecular flexibility index (Phi) is 4.11. The van der Waals surface area contributed by atoms with E-state index in [1.54, 1.807) is 12.1 Å². The van der Waals surface area contributed by atoms with Gasteiger partial charge in [0, 0.05) is 0 Å². The maximum absolute atomic E-state index is 12.7. The quantitative estimate of drug-likeness (QED) is 0.587. The topological polar surface area (TPSA) is 26.3 Å². The van der Waals surface area contributed by atoms with Crippen LogP contribution in [0, 0.1) is 0 Å². The van der Waals surface area contributed by atoms with E-state index in [-0.39, 0.29) is 5.56 Å². The van der Waals surface area contributed by atoms with Crippen LogP contribution in [0.4, 0.5) is 13.2 Å². The van der Waals surface area contributed by atoms with Gasteiger partial charge in [0.25, 0.3) is 0 Å². The van der Waals surface area contributed by atoms with Crippen LogP contribution in [0.1, 0.15) is 39.9 Å². The molecule has 0 spiro atoms. The van der Waals surface area contributed by atoms with Crippen LogP contribution in [0.25, 0.3) is 0 Å². The predicted octanol–water partition coefficient (Wildman–Crippen LogP) is 4.80. The third kappa shape index (κ3) is 3.55. The molecule has 1 aliphatic carbocycles. The first-order valence-electron chi connectivity index (χ1n) is 7.45. The van der Waals surface area contributed by atoms with Gasteiger partial charge in [0.1, 0.15) is 5.75 Å². The lowest BCUT2D eigenvalue weighted by molar-refractivity contribution is -0.137. The normalized spacial score (nSPS) is 14.2. The SMILES string of the molecule is O=C(Oc1ccc2c(c1)CCCC2)c1cccc(C(F)(F)F)c1. The van der Waals surface area contributed by atoms with Crippen molar-refractivity contribution >= 4 is 5.97 Å². The molecule has 5 heteroatoms. The number of esters is 1. The van der Waals surface area contributed by atoms with E-state index in [1.807, 2.05) is 6.07 Å². The monoisotopic (exact) mass is 320 g/mol. The number of fused-ring (bicyclic) bond motifs is 1. The van der Waals surface area contributed by atoms with E-state index >= 15 is 0 Å². The summed E-state index contributed by atoms with van der Waals surface area (Å²) in [6.45, 7) is 0. The summed E-state index contributed by atoms with van der Waals surface area (Å²) in [7, 11) is 0. The Morgan fingerprint density at radius 3 is 2.43 bits per heavy atom. The Morgan fingerprint density at radius 1 is 0.957 bits per heavy atom. The average molecular weight is 320 g/mol. The zero-order valence-electron chi connectivity index (χ0n) is 12.3. The smallest absolute Gasteiger partial charge is 0.416 e. The maximum atomic E-state index is 12.7. The van der Waals surface area contributed by atoms with Crippen molar-refractivity contribution < 1.29 is 22.7 Å². The summed E-state index contributed by atoms with van der Waals surface area (Å²) in [6.07, 6.45) is -0.294. The largest absolute Gasteiger partial charge is 0.423 e. The lowest BCUT2D eigenvalue weighted by Gasteiger charge is -2.16. The van der Waals surface area contributed by atoms with Crippen LogP contribution in [0.2, 0.25) is 0 Å². The molecule has 0 amide bonds. The molecule has 0 fully saturated rings. The molecular formula is C18H15F3O2. The molecule has 0 aromatic heterocycles. The van der Waals surface area contributed by atoms with Gasteiger partial charge in [0.2, 0.25) is 0 Å². The fourth-order valence-corrected chi connectivity index (χ4v) is 2.76. The van der Waals surface area contributed by atoms with E-state index in [9.17, 15) is 18.0 Å². The second-order valence-corrected chi connectivity index (χ2v) is 5.61. The molecule has 120 valence electrons. The summed E-state index contributed by atoms with van der Waals surface area (Å²) >= 11 is 0. The van der Waals surface area contributed by atoms with E-state index in [4.69, 9.17) is 4.74 Å². The Bertz CT molecular complexity index is 735. The van der Waals surface area contributed by atoms with Crippen LogP contribution in [0.15, 0.2) is 42.5 Å². The zero-order chi connectivity index (χ0) is 16.4. The highest BCUT2D eigenvalue weighted by Crippen LogP contribution is 2.30. The van der Waals surface area contributed by atoms with Gasteiger partial charge >= 0.3 is 12.1 Å². The van der Waals surface area contributed by atoms with Crippen molar-refractivity contribution in [3.63, 3.8) is 0 Å². The molecule has 2 aromatic rings. The molecule has 0 saturated heterocycles. The van der Waals surface area contributed by atoms with Gasteiger partial charge in [-0.15, -0.1) is 0 Å². The number of rotatable bonds is 2. The van der Waals surface area contributed by atoms with Crippen LogP contribution in [0.5, 0.6) is 5.75 Å². The molecule has 2 nitrogen and oxygen atoms in total. The molecule has 0 radical (unpaired) electrons. The number of halogens is 3. The maximum Gasteiger partial charge on any atom is 0.416 e. The molecule has 0 unspecified atom stereocenters. The average Bonchev–Trinajstić information content (AvgIpc) is 2.54. The molecule has 23 heavy (non-hydrogen) atoms. The zero-order valence-corrected chi connectivity index (χ0v) is 12.3. The molecule has 1 aliphatic rings. The molecule has 2 aromatic carbocycles. The van der Waals surface area contributed by atoms with E-state index in [0.29, 0.717) is 5.75 Å². The third-order valence-corrected chi connectivity index (χ3v) is 3.96. The van der Waals surface area contributed by atoms with E-state index in [1.165, 1.54) is 17.7 Å². The van der Waals surface area contributed by atoms with Crippen molar-refractivity contribution in [3.05, 3.63) is 64.7 Å². The van der Waals surface area contributed by atoms with Gasteiger partial charge in [-0.25, -0.2) is 4.79 Å². The second-order valence-electron chi connectivity index (χ2n) is 5.61. The van der Waals surface area contributed by atoms with Gasteiger partial charge in [-0.2, -0.15) is 13.2 Å². The number of aryl methyl sites for hydroxylation is 2. The van der Waals surface area contributed by atoms with E-state index in [0.717, 1.165) is 43.4 Å². The number of carbonyl (C=O) groups excluding carboxylic acids is 1. The summed E-state index contributed by atoms with van der Waals surface area (Å²) < 4.78 is 43.3. The number of carbonyl (C=O) groups is 1. The molecule has 0 atom stereocenters. The number of benzene rings is 2. The van der Waals surface area contributed by atoms with E-state index < -0.39 is 17.7 Å². The molecular weight excluding hydrogens is 305 g/mol. The van der Waals surface area contributed by atoms with Crippen molar-refractivity contribution in [2.24, 2.45) is 0 Å². The first kappa shape index (κ1) is 15.6. The summed E-state index contributed by atoms with van der Waals surface area (Å²) in [5.74, 6) is -0.417. The minimum Gasteiger partial charge on any atom is -0.423 e. The molecule has 3 rings (SSSR count). The van der Waals surface area contributed by atoms with Gasteiger partial charge < -0.3 is 4.74 Å². The van der Waals surface area contributed by atoms with Crippen LogP contribution in [-0.4, -0.2) is 5.97 Å². The Balaban J connectivity index is 1.79. The van der Waals surface area contributed by atoms with Crippen LogP contribution < -0.4 is 4.74 Å². The highest BCUT2D eigenvalue weighted by molar-refractivity contribution is 5.91. The Labute approximate surface area is 131 Å². The third-order valence-electron chi connectivity index (χ3n) is 3.96. The van der Waals surface area contributed by atoms with Crippen LogP contribution in [0.3, 0.4) is 0 Å². The number of ether oxygens (including phenoxy) is 1. The molecule has 0 bridgehead atoms. The second kappa shape index (κ2) is 6.07. The standard InChI is InChI=1S/C18H15F3O2/c19-18(20,21)15-7-3-6-14(10-15)17(22)23-16-9-8-12-4-1-2-5-13(12)11-16/h3,6-11H,1-2,4-5H2. The van der Waals surface area contributed by atoms with Gasteiger partial charge in [-0.05, 0) is 67.1 Å². The predicted molar refractivity (Wildman–Crippen MR) is 79.5 cm³/mol. The van der Waals surface area contributed by atoms with Crippen molar-refractivity contribution in [3.8, 4) is 5.75 Å². The lowest BCUT2D eigenvalue weighted by Crippen LogP contribution is -2.12. The summed E-state index contributed by atoms with van der Waals surface area (Å²) in [6, 6.07) is 9.66. The van der Waals surface area contributed by atoms with Gasteiger partial charge in [0.05, 0.1) is 11.1 Å². The van der Waals surface area contributed by atoms with Crippen molar-refractivity contribution in [2.75, 3.05) is 0 Å². The van der Waals surface area contributed by atoms with Crippen molar-refractivity contribution in [2.45, 2.75) is 31.9 Å². The van der Waals surface area contributed by atoms with E-state index in [2.05, 4.69) is 0 Å². The lowest BCUT2D eigenvalue weighted by atomic mass is 9.92.